The fraction of sp³-hybridized carbons (Fsp3) is 0.533. The van der Waals surface area contributed by atoms with Crippen molar-refractivity contribution in [3.05, 3.63) is 23.3 Å². The molecule has 0 aliphatic heterocycles. The number of hydrogen-bond donors (Lipinski definition) is 3. The van der Waals surface area contributed by atoms with Crippen molar-refractivity contribution in [1.29, 1.82) is 0 Å². The van der Waals surface area contributed by atoms with Crippen LogP contribution in [0, 0.1) is 0 Å². The Morgan fingerprint density at radius 2 is 1.91 bits per heavy atom. The van der Waals surface area contributed by atoms with Gasteiger partial charge >= 0.3 is 0 Å². The summed E-state index contributed by atoms with van der Waals surface area (Å²) in [7, 11) is -3.97. The Hall–Kier alpha value is -1.60. The second kappa shape index (κ2) is 6.66. The summed E-state index contributed by atoms with van der Waals surface area (Å²) in [5.41, 5.74) is -0.254. The minimum absolute atomic E-state index is 0.0763. The maximum Gasteiger partial charge on any atom is 0.255 e. The average molecular weight is 328 g/mol. The molecule has 4 N–H and O–H groups in total. The quantitative estimate of drug-likeness (QED) is 0.717. The topological polar surface area (TPSA) is 109 Å². The number of unbranched alkanes of at least 4 members (excludes halogenated alkanes) is 1. The molecular formula is C15H24N2O4S. The number of benzene rings is 1. The van der Waals surface area contributed by atoms with Crippen molar-refractivity contribution in [2.24, 2.45) is 5.14 Å². The summed E-state index contributed by atoms with van der Waals surface area (Å²) in [6.45, 7) is 7.89. The minimum atomic E-state index is -3.97. The number of nitrogens with one attached hydrogen (secondary N) is 1. The Kier molecular flexibility index (Phi) is 5.59. The van der Waals surface area contributed by atoms with Gasteiger partial charge in [0.15, 0.2) is 0 Å². The fourth-order valence-electron chi connectivity index (χ4n) is 1.99. The summed E-state index contributed by atoms with van der Waals surface area (Å²) < 4.78 is 23.2. The molecule has 7 heteroatoms. The monoisotopic (exact) mass is 328 g/mol. The number of phenolic OH excluding ortho intramolecular Hbond substituents is 1. The third kappa shape index (κ3) is 4.45. The van der Waals surface area contributed by atoms with Gasteiger partial charge in [0.1, 0.15) is 5.75 Å². The molecule has 1 aromatic rings. The van der Waals surface area contributed by atoms with E-state index in [4.69, 9.17) is 5.14 Å². The molecule has 0 unspecified atom stereocenters. The zero-order valence-electron chi connectivity index (χ0n) is 13.4. The van der Waals surface area contributed by atoms with Crippen molar-refractivity contribution in [3.8, 4) is 5.75 Å². The second-order valence-corrected chi connectivity index (χ2v) is 7.83. The molecule has 0 fully saturated rings. The van der Waals surface area contributed by atoms with E-state index in [0.29, 0.717) is 12.1 Å². The molecule has 0 atom stereocenters. The van der Waals surface area contributed by atoms with Gasteiger partial charge in [-0.3, -0.25) is 4.79 Å². The molecule has 0 aliphatic carbocycles. The number of nitrogens with two attached hydrogens (primary N) is 1. The smallest absolute Gasteiger partial charge is 0.255 e. The molecule has 0 radical (unpaired) electrons. The summed E-state index contributed by atoms with van der Waals surface area (Å²) in [6.07, 6.45) is 1.71. The SMILES string of the molecule is CCCCNC(=O)c1cc(S(N)(=O)=O)cc(C(C)(C)C)c1O. The van der Waals surface area contributed by atoms with Crippen LogP contribution in [0.4, 0.5) is 0 Å². The molecular weight excluding hydrogens is 304 g/mol. The lowest BCUT2D eigenvalue weighted by Gasteiger charge is -2.22. The molecule has 0 aromatic heterocycles. The summed E-state index contributed by atoms with van der Waals surface area (Å²) >= 11 is 0. The van der Waals surface area contributed by atoms with Crippen molar-refractivity contribution < 1.29 is 18.3 Å². The van der Waals surface area contributed by atoms with E-state index in [1.807, 2.05) is 27.7 Å². The zero-order valence-corrected chi connectivity index (χ0v) is 14.3. The number of aromatic hydroxyl groups is 1. The van der Waals surface area contributed by atoms with Crippen LogP contribution in [0.2, 0.25) is 0 Å². The Morgan fingerprint density at radius 1 is 1.32 bits per heavy atom. The van der Waals surface area contributed by atoms with Gasteiger partial charge in [-0.05, 0) is 24.0 Å². The first-order valence-corrected chi connectivity index (χ1v) is 8.71. The molecule has 0 saturated heterocycles. The van der Waals surface area contributed by atoms with Crippen molar-refractivity contribution in [3.63, 3.8) is 0 Å². The molecule has 0 aliphatic rings. The molecule has 1 rings (SSSR count). The number of primary sulfonamides is 1. The molecule has 22 heavy (non-hydrogen) atoms. The van der Waals surface area contributed by atoms with Gasteiger partial charge in [-0.2, -0.15) is 0 Å². The van der Waals surface area contributed by atoms with Crippen molar-refractivity contribution in [2.45, 2.75) is 50.8 Å². The number of hydrogen-bond acceptors (Lipinski definition) is 4. The maximum atomic E-state index is 12.2. The third-order valence-corrected chi connectivity index (χ3v) is 4.17. The molecule has 124 valence electrons. The predicted octanol–water partition coefficient (Wildman–Crippen LogP) is 1.87. The van der Waals surface area contributed by atoms with Crippen LogP contribution in [0.15, 0.2) is 17.0 Å². The first-order valence-electron chi connectivity index (χ1n) is 7.17. The summed E-state index contributed by atoms with van der Waals surface area (Å²) in [5.74, 6) is -0.726. The molecule has 0 spiro atoms. The van der Waals surface area contributed by atoms with E-state index in [1.165, 1.54) is 6.07 Å². The summed E-state index contributed by atoms with van der Waals surface area (Å²) in [6, 6.07) is 2.43. The number of sulfonamides is 1. The summed E-state index contributed by atoms with van der Waals surface area (Å²) in [5, 5.41) is 18.2. The molecule has 6 nitrogen and oxygen atoms in total. The highest BCUT2D eigenvalue weighted by Gasteiger charge is 2.26. The van der Waals surface area contributed by atoms with Crippen molar-refractivity contribution in [2.75, 3.05) is 6.54 Å². The van der Waals surface area contributed by atoms with E-state index >= 15 is 0 Å². The largest absolute Gasteiger partial charge is 0.507 e. The highest BCUT2D eigenvalue weighted by molar-refractivity contribution is 7.89. The van der Waals surface area contributed by atoms with Gasteiger partial charge < -0.3 is 10.4 Å². The molecule has 1 amide bonds. The van der Waals surface area contributed by atoms with Gasteiger partial charge in [0.05, 0.1) is 10.5 Å². The maximum absolute atomic E-state index is 12.2. The number of rotatable bonds is 5. The van der Waals surface area contributed by atoms with Crippen LogP contribution in [-0.4, -0.2) is 26.0 Å². The van der Waals surface area contributed by atoms with Crippen molar-refractivity contribution in [1.82, 2.24) is 5.32 Å². The van der Waals surface area contributed by atoms with Gasteiger partial charge in [0, 0.05) is 12.1 Å². The van der Waals surface area contributed by atoms with E-state index in [9.17, 15) is 18.3 Å². The molecule has 0 saturated carbocycles. The summed E-state index contributed by atoms with van der Waals surface area (Å²) in [4.78, 5) is 12.0. The van der Waals surface area contributed by atoms with Crippen molar-refractivity contribution >= 4 is 15.9 Å². The van der Waals surface area contributed by atoms with Gasteiger partial charge in [-0.25, -0.2) is 13.6 Å². The Balaban J connectivity index is 3.41. The highest BCUT2D eigenvalue weighted by atomic mass is 32.2. The number of amides is 1. The lowest BCUT2D eigenvalue weighted by Crippen LogP contribution is -2.26. The van der Waals surface area contributed by atoms with E-state index in [-0.39, 0.29) is 16.2 Å². The van der Waals surface area contributed by atoms with Gasteiger partial charge in [0.25, 0.3) is 5.91 Å². The molecule has 0 heterocycles. The number of carbonyl (C=O) groups is 1. The van der Waals surface area contributed by atoms with Gasteiger partial charge in [0.2, 0.25) is 10.0 Å². The second-order valence-electron chi connectivity index (χ2n) is 6.27. The Bertz CT molecular complexity index is 661. The van der Waals surface area contributed by atoms with Gasteiger partial charge in [-0.15, -0.1) is 0 Å². The van der Waals surface area contributed by atoms with E-state index in [0.717, 1.165) is 18.9 Å². The first kappa shape index (κ1) is 18.4. The minimum Gasteiger partial charge on any atom is -0.507 e. The number of carbonyl (C=O) groups excluding carboxylic acids is 1. The first-order chi connectivity index (χ1) is 9.98. The average Bonchev–Trinajstić information content (AvgIpc) is 2.36. The van der Waals surface area contributed by atoms with Crippen LogP contribution in [0.5, 0.6) is 5.75 Å². The molecule has 0 bridgehead atoms. The lowest BCUT2D eigenvalue weighted by molar-refractivity contribution is 0.0950. The zero-order chi connectivity index (χ0) is 17.1. The Labute approximate surface area is 131 Å². The normalized spacial score (nSPS) is 12.2. The van der Waals surface area contributed by atoms with E-state index in [2.05, 4.69) is 5.32 Å². The fourth-order valence-corrected chi connectivity index (χ4v) is 2.56. The van der Waals surface area contributed by atoms with Crippen LogP contribution in [0.25, 0.3) is 0 Å². The van der Waals surface area contributed by atoms with E-state index in [1.54, 1.807) is 0 Å². The highest BCUT2D eigenvalue weighted by Crippen LogP contribution is 2.35. The van der Waals surface area contributed by atoms with Crippen LogP contribution in [0.1, 0.15) is 56.5 Å². The lowest BCUT2D eigenvalue weighted by atomic mass is 9.85. The molecule has 1 aromatic carbocycles. The predicted molar refractivity (Wildman–Crippen MR) is 85.4 cm³/mol. The Morgan fingerprint density at radius 3 is 2.36 bits per heavy atom. The standard InChI is InChI=1S/C15H24N2O4S/c1-5-6-7-17-14(19)11-8-10(22(16,20)21)9-12(13(11)18)15(2,3)4/h8-9,18H,5-7H2,1-4H3,(H,17,19)(H2,16,20,21). The van der Waals surface area contributed by atoms with Crippen LogP contribution < -0.4 is 10.5 Å². The van der Waals surface area contributed by atoms with Crippen LogP contribution in [-0.2, 0) is 15.4 Å². The third-order valence-electron chi connectivity index (χ3n) is 3.28. The van der Waals surface area contributed by atoms with Crippen LogP contribution >= 0.6 is 0 Å². The number of phenols is 1. The van der Waals surface area contributed by atoms with Crippen LogP contribution in [0.3, 0.4) is 0 Å². The van der Waals surface area contributed by atoms with E-state index < -0.39 is 21.3 Å². The van der Waals surface area contributed by atoms with Gasteiger partial charge in [-0.1, -0.05) is 34.1 Å².